The van der Waals surface area contributed by atoms with Gasteiger partial charge >= 0.3 is 0 Å². The van der Waals surface area contributed by atoms with E-state index in [1.54, 1.807) is 23.9 Å². The molecule has 1 amide bonds. The third-order valence-electron chi connectivity index (χ3n) is 4.15. The number of hydrogen-bond acceptors (Lipinski definition) is 4. The summed E-state index contributed by atoms with van der Waals surface area (Å²) in [6.07, 6.45) is 2.07. The number of carbonyl (C=O) groups excluding carboxylic acids is 1. The first-order valence-corrected chi connectivity index (χ1v) is 9.57. The number of carbonyl (C=O) groups is 1. The lowest BCUT2D eigenvalue weighted by Gasteiger charge is -2.11. The van der Waals surface area contributed by atoms with Gasteiger partial charge in [0.25, 0.3) is 5.91 Å². The Morgan fingerprint density at radius 1 is 1.27 bits per heavy atom. The zero-order valence-corrected chi connectivity index (χ0v) is 15.3. The van der Waals surface area contributed by atoms with Crippen LogP contribution in [0, 0.1) is 0 Å². The Bertz CT molecular complexity index is 930. The van der Waals surface area contributed by atoms with E-state index in [1.807, 2.05) is 43.3 Å². The highest BCUT2D eigenvalue weighted by Gasteiger charge is 2.16. The Labute approximate surface area is 156 Å². The van der Waals surface area contributed by atoms with Crippen LogP contribution in [0.15, 0.2) is 59.9 Å². The van der Waals surface area contributed by atoms with Gasteiger partial charge in [0.15, 0.2) is 5.16 Å². The number of rotatable bonds is 5. The average Bonchev–Trinajstić information content (AvgIpc) is 3.25. The number of anilines is 1. The van der Waals surface area contributed by atoms with Gasteiger partial charge in [-0.3, -0.25) is 4.79 Å². The van der Waals surface area contributed by atoms with Crippen LogP contribution >= 0.6 is 11.8 Å². The van der Waals surface area contributed by atoms with E-state index in [2.05, 4.69) is 21.1 Å². The number of fused-ring (bicyclic) bond motifs is 1. The molecule has 26 heavy (non-hydrogen) atoms. The molecule has 0 saturated carbocycles. The molecule has 2 heterocycles. The van der Waals surface area contributed by atoms with Gasteiger partial charge in [-0.2, -0.15) is 0 Å². The Balaban J connectivity index is 1.56. The molecular formula is C20H19N3O2S. The molecule has 1 N–H and O–H groups in total. The fourth-order valence-corrected chi connectivity index (χ4v) is 3.88. The van der Waals surface area contributed by atoms with Gasteiger partial charge in [-0.05, 0) is 31.2 Å². The molecule has 5 nitrogen and oxygen atoms in total. The molecule has 3 aromatic rings. The lowest BCUT2D eigenvalue weighted by atomic mass is 10.1. The van der Waals surface area contributed by atoms with Crippen LogP contribution in [0.3, 0.4) is 0 Å². The van der Waals surface area contributed by atoms with Crippen molar-refractivity contribution in [2.75, 3.05) is 17.7 Å². The number of benzene rings is 2. The highest BCUT2D eigenvalue weighted by Crippen LogP contribution is 2.30. The molecule has 0 bridgehead atoms. The summed E-state index contributed by atoms with van der Waals surface area (Å²) in [6.45, 7) is 3.42. The molecule has 0 atom stereocenters. The smallest absolute Gasteiger partial charge is 0.259 e. The number of nitrogens with zero attached hydrogens (tertiary/aromatic N) is 2. The fraction of sp³-hybridized carbons (Fsp3) is 0.200. The van der Waals surface area contributed by atoms with E-state index in [-0.39, 0.29) is 5.91 Å². The van der Waals surface area contributed by atoms with Crippen LogP contribution in [0.2, 0.25) is 0 Å². The van der Waals surface area contributed by atoms with Crippen molar-refractivity contribution in [3.8, 4) is 17.0 Å². The number of imidazole rings is 1. The minimum atomic E-state index is -0.186. The highest BCUT2D eigenvalue weighted by atomic mass is 32.2. The molecule has 1 aliphatic heterocycles. The van der Waals surface area contributed by atoms with Crippen molar-refractivity contribution in [3.05, 3.63) is 60.3 Å². The largest absolute Gasteiger partial charge is 0.493 e. The average molecular weight is 365 g/mol. The Morgan fingerprint density at radius 2 is 2.15 bits per heavy atom. The predicted molar refractivity (Wildman–Crippen MR) is 104 cm³/mol. The number of para-hydroxylation sites is 1. The van der Waals surface area contributed by atoms with Gasteiger partial charge in [-0.1, -0.05) is 36.0 Å². The molecule has 6 heteroatoms. The van der Waals surface area contributed by atoms with E-state index < -0.39 is 0 Å². The summed E-state index contributed by atoms with van der Waals surface area (Å²) in [5, 5.41) is 4.01. The topological polar surface area (TPSA) is 56.1 Å². The summed E-state index contributed by atoms with van der Waals surface area (Å²) in [5.41, 5.74) is 3.18. The number of thioether (sulfide) groups is 1. The first-order chi connectivity index (χ1) is 12.7. The van der Waals surface area contributed by atoms with Crippen molar-refractivity contribution in [2.45, 2.75) is 18.6 Å². The lowest BCUT2D eigenvalue weighted by Crippen LogP contribution is -2.13. The number of amides is 1. The van der Waals surface area contributed by atoms with Crippen molar-refractivity contribution in [1.29, 1.82) is 0 Å². The van der Waals surface area contributed by atoms with Crippen molar-refractivity contribution < 1.29 is 9.53 Å². The van der Waals surface area contributed by atoms with Gasteiger partial charge in [0, 0.05) is 29.7 Å². The Kier molecular flexibility index (Phi) is 4.67. The fourth-order valence-electron chi connectivity index (χ4n) is 2.94. The molecule has 1 aromatic heterocycles. The maximum absolute atomic E-state index is 12.7. The number of hydrogen-bond donors (Lipinski definition) is 1. The molecule has 2 aromatic carbocycles. The van der Waals surface area contributed by atoms with Crippen LogP contribution < -0.4 is 10.1 Å². The molecule has 132 valence electrons. The summed E-state index contributed by atoms with van der Waals surface area (Å²) in [7, 11) is 0. The van der Waals surface area contributed by atoms with Crippen molar-refractivity contribution in [3.63, 3.8) is 0 Å². The van der Waals surface area contributed by atoms with E-state index in [1.165, 1.54) is 0 Å². The van der Waals surface area contributed by atoms with Gasteiger partial charge in [0.2, 0.25) is 0 Å². The zero-order chi connectivity index (χ0) is 17.9. The molecular weight excluding hydrogens is 346 g/mol. The maximum Gasteiger partial charge on any atom is 0.259 e. The molecule has 0 fully saturated rings. The summed E-state index contributed by atoms with van der Waals surface area (Å²) in [6, 6.07) is 15.0. The van der Waals surface area contributed by atoms with Crippen LogP contribution in [0.1, 0.15) is 17.3 Å². The van der Waals surface area contributed by atoms with Crippen LogP contribution in [-0.4, -0.2) is 27.8 Å². The van der Waals surface area contributed by atoms with Gasteiger partial charge < -0.3 is 14.6 Å². The van der Waals surface area contributed by atoms with Gasteiger partial charge in [-0.25, -0.2) is 4.98 Å². The van der Waals surface area contributed by atoms with E-state index in [9.17, 15) is 4.79 Å². The van der Waals surface area contributed by atoms with Crippen LogP contribution in [0.4, 0.5) is 5.69 Å². The van der Waals surface area contributed by atoms with Gasteiger partial charge in [0.05, 0.1) is 17.9 Å². The third-order valence-corrected chi connectivity index (χ3v) is 5.12. The molecule has 0 radical (unpaired) electrons. The second-order valence-corrected chi connectivity index (χ2v) is 6.98. The second-order valence-electron chi connectivity index (χ2n) is 5.91. The van der Waals surface area contributed by atoms with Crippen LogP contribution in [0.5, 0.6) is 5.75 Å². The highest BCUT2D eigenvalue weighted by molar-refractivity contribution is 7.99. The first kappa shape index (κ1) is 16.7. The number of nitrogens with one attached hydrogen (secondary N) is 1. The van der Waals surface area contributed by atoms with Crippen LogP contribution in [-0.2, 0) is 6.54 Å². The molecule has 4 rings (SSSR count). The van der Waals surface area contributed by atoms with E-state index >= 15 is 0 Å². The maximum atomic E-state index is 12.7. The quantitative estimate of drug-likeness (QED) is 0.732. The zero-order valence-electron chi connectivity index (χ0n) is 14.4. The standard InChI is InChI=1S/C20H19N3O2S/c1-2-25-18-9-4-3-8-16(18)19(24)21-15-7-5-6-14(12-15)17-13-23-10-11-26-20(23)22-17/h3-9,12-13H,2,10-11H2,1H3,(H,21,24). The minimum Gasteiger partial charge on any atom is -0.493 e. The number of aryl methyl sites for hydroxylation is 1. The monoisotopic (exact) mass is 365 g/mol. The number of aromatic nitrogens is 2. The normalized spacial score (nSPS) is 12.7. The Hall–Kier alpha value is -2.73. The molecule has 1 aliphatic rings. The summed E-state index contributed by atoms with van der Waals surface area (Å²) >= 11 is 1.77. The molecule has 0 unspecified atom stereocenters. The first-order valence-electron chi connectivity index (χ1n) is 8.58. The van der Waals surface area contributed by atoms with Crippen LogP contribution in [0.25, 0.3) is 11.3 Å². The lowest BCUT2D eigenvalue weighted by molar-refractivity contribution is 0.102. The summed E-state index contributed by atoms with van der Waals surface area (Å²) < 4.78 is 7.72. The summed E-state index contributed by atoms with van der Waals surface area (Å²) in [5.74, 6) is 1.48. The minimum absolute atomic E-state index is 0.186. The number of ether oxygens (including phenoxy) is 1. The van der Waals surface area contributed by atoms with E-state index in [0.29, 0.717) is 17.9 Å². The van der Waals surface area contributed by atoms with Crippen molar-refractivity contribution in [2.24, 2.45) is 0 Å². The molecule has 0 saturated heterocycles. The van der Waals surface area contributed by atoms with Gasteiger partial charge in [0.1, 0.15) is 5.75 Å². The van der Waals surface area contributed by atoms with Crippen molar-refractivity contribution in [1.82, 2.24) is 9.55 Å². The second kappa shape index (κ2) is 7.25. The third kappa shape index (κ3) is 3.32. The Morgan fingerprint density at radius 3 is 3.00 bits per heavy atom. The van der Waals surface area contributed by atoms with E-state index in [4.69, 9.17) is 4.74 Å². The van der Waals surface area contributed by atoms with Crippen molar-refractivity contribution >= 4 is 23.4 Å². The molecule has 0 aliphatic carbocycles. The van der Waals surface area contributed by atoms with E-state index in [0.717, 1.165) is 34.4 Å². The molecule has 0 spiro atoms. The summed E-state index contributed by atoms with van der Waals surface area (Å²) in [4.78, 5) is 17.3. The SMILES string of the molecule is CCOc1ccccc1C(=O)Nc1cccc(-c2cn3c(n2)SCC3)c1. The predicted octanol–water partition coefficient (Wildman–Crippen LogP) is 4.31. The van der Waals surface area contributed by atoms with Gasteiger partial charge in [-0.15, -0.1) is 0 Å².